The Morgan fingerprint density at radius 2 is 2.04 bits per heavy atom. The second-order valence-corrected chi connectivity index (χ2v) is 7.01. The Labute approximate surface area is 148 Å². The third kappa shape index (κ3) is 2.74. The van der Waals surface area contributed by atoms with Crippen LogP contribution in [0.2, 0.25) is 0 Å². The molecule has 1 amide bonds. The number of hydrogen-bond donors (Lipinski definition) is 1. The average Bonchev–Trinajstić information content (AvgIpc) is 3.24. The van der Waals surface area contributed by atoms with Crippen LogP contribution in [0.4, 0.5) is 5.00 Å². The topological polar surface area (TPSA) is 73.9 Å². The summed E-state index contributed by atoms with van der Waals surface area (Å²) in [7, 11) is 1.36. The lowest BCUT2D eigenvalue weighted by atomic mass is 9.95. The standard InChI is InChI=1S/C18H17NO5S/c1-22-18(21)14-10-5-2-3-8-13(10)25-17(14)19-16(20)11-6-4-7-12-15(11)24-9-23-12/h4,6-7H,2-3,5,8-9H2,1H3,(H,19,20). The maximum absolute atomic E-state index is 12.8. The third-order valence-electron chi connectivity index (χ3n) is 4.43. The number of aryl methyl sites for hydroxylation is 1. The normalized spacial score (nSPS) is 14.8. The molecule has 0 atom stereocenters. The van der Waals surface area contributed by atoms with E-state index in [0.717, 1.165) is 36.1 Å². The first-order chi connectivity index (χ1) is 12.2. The quantitative estimate of drug-likeness (QED) is 0.851. The molecular formula is C18H17NO5S. The van der Waals surface area contributed by atoms with Crippen molar-refractivity contribution in [1.82, 2.24) is 0 Å². The first kappa shape index (κ1) is 16.0. The van der Waals surface area contributed by atoms with E-state index in [1.165, 1.54) is 18.4 Å². The van der Waals surface area contributed by atoms with E-state index in [2.05, 4.69) is 5.32 Å². The summed E-state index contributed by atoms with van der Waals surface area (Å²) in [5.74, 6) is 0.242. The highest BCUT2D eigenvalue weighted by Crippen LogP contribution is 2.40. The fourth-order valence-corrected chi connectivity index (χ4v) is 4.52. The van der Waals surface area contributed by atoms with Gasteiger partial charge in [0.1, 0.15) is 5.00 Å². The number of amides is 1. The van der Waals surface area contributed by atoms with Crippen LogP contribution in [0.15, 0.2) is 18.2 Å². The van der Waals surface area contributed by atoms with Gasteiger partial charge in [-0.1, -0.05) is 6.07 Å². The first-order valence-corrected chi connectivity index (χ1v) is 8.93. The van der Waals surface area contributed by atoms with Gasteiger partial charge in [0.2, 0.25) is 6.79 Å². The van der Waals surface area contributed by atoms with Crippen molar-refractivity contribution in [3.8, 4) is 11.5 Å². The lowest BCUT2D eigenvalue weighted by molar-refractivity contribution is 0.0601. The zero-order valence-electron chi connectivity index (χ0n) is 13.7. The Kier molecular flexibility index (Phi) is 4.09. The van der Waals surface area contributed by atoms with Crippen LogP contribution in [0, 0.1) is 0 Å². The second kappa shape index (κ2) is 6.40. The van der Waals surface area contributed by atoms with Crippen molar-refractivity contribution in [2.45, 2.75) is 25.7 Å². The molecule has 1 aliphatic carbocycles. The van der Waals surface area contributed by atoms with Crippen LogP contribution in [0.5, 0.6) is 11.5 Å². The van der Waals surface area contributed by atoms with Crippen molar-refractivity contribution in [3.63, 3.8) is 0 Å². The van der Waals surface area contributed by atoms with Crippen LogP contribution in [0.3, 0.4) is 0 Å². The number of fused-ring (bicyclic) bond motifs is 2. The molecule has 0 unspecified atom stereocenters. The van der Waals surface area contributed by atoms with Crippen LogP contribution in [-0.4, -0.2) is 25.8 Å². The molecule has 0 saturated heterocycles. The van der Waals surface area contributed by atoms with E-state index in [4.69, 9.17) is 14.2 Å². The van der Waals surface area contributed by atoms with Crippen LogP contribution in [-0.2, 0) is 17.6 Å². The highest BCUT2D eigenvalue weighted by atomic mass is 32.1. The van der Waals surface area contributed by atoms with Gasteiger partial charge >= 0.3 is 5.97 Å². The van der Waals surface area contributed by atoms with Crippen LogP contribution >= 0.6 is 11.3 Å². The van der Waals surface area contributed by atoms with E-state index in [-0.39, 0.29) is 12.7 Å². The number of benzene rings is 1. The highest BCUT2D eigenvalue weighted by Gasteiger charge is 2.28. The minimum Gasteiger partial charge on any atom is -0.465 e. The number of carbonyl (C=O) groups excluding carboxylic acids is 2. The predicted molar refractivity (Wildman–Crippen MR) is 92.8 cm³/mol. The van der Waals surface area contributed by atoms with Crippen molar-refractivity contribution in [2.75, 3.05) is 19.2 Å². The lowest BCUT2D eigenvalue weighted by Crippen LogP contribution is -2.15. The fraction of sp³-hybridized carbons (Fsp3) is 0.333. The van der Waals surface area contributed by atoms with Crippen LogP contribution < -0.4 is 14.8 Å². The van der Waals surface area contributed by atoms with Gasteiger partial charge in [-0.3, -0.25) is 4.79 Å². The number of ether oxygens (including phenoxy) is 3. The summed E-state index contributed by atoms with van der Waals surface area (Å²) in [5.41, 5.74) is 1.88. The van der Waals surface area contributed by atoms with E-state index >= 15 is 0 Å². The monoisotopic (exact) mass is 359 g/mol. The minimum atomic E-state index is -0.410. The Morgan fingerprint density at radius 1 is 1.20 bits per heavy atom. The molecule has 130 valence electrons. The zero-order chi connectivity index (χ0) is 17.4. The number of anilines is 1. The molecule has 1 aromatic heterocycles. The highest BCUT2D eigenvalue weighted by molar-refractivity contribution is 7.17. The second-order valence-electron chi connectivity index (χ2n) is 5.90. The van der Waals surface area contributed by atoms with E-state index in [0.29, 0.717) is 27.6 Å². The number of thiophene rings is 1. The molecule has 0 spiro atoms. The predicted octanol–water partition coefficient (Wildman–Crippen LogP) is 3.39. The first-order valence-electron chi connectivity index (χ1n) is 8.12. The number of nitrogens with one attached hydrogen (secondary N) is 1. The van der Waals surface area contributed by atoms with Crippen LogP contribution in [0.1, 0.15) is 44.0 Å². The molecule has 25 heavy (non-hydrogen) atoms. The summed E-state index contributed by atoms with van der Waals surface area (Å²) >= 11 is 1.46. The van der Waals surface area contributed by atoms with Gasteiger partial charge < -0.3 is 19.5 Å². The number of carbonyl (C=O) groups is 2. The summed E-state index contributed by atoms with van der Waals surface area (Å²) in [6.07, 6.45) is 3.90. The summed E-state index contributed by atoms with van der Waals surface area (Å²) in [6, 6.07) is 5.17. The molecule has 1 aliphatic heterocycles. The molecule has 0 fully saturated rings. The molecule has 6 nitrogen and oxygen atoms in total. The van der Waals surface area contributed by atoms with Crippen LogP contribution in [0.25, 0.3) is 0 Å². The molecule has 0 radical (unpaired) electrons. The summed E-state index contributed by atoms with van der Waals surface area (Å²) in [5, 5.41) is 3.41. The summed E-state index contributed by atoms with van der Waals surface area (Å²) in [4.78, 5) is 26.2. The van der Waals surface area contributed by atoms with Gasteiger partial charge in [0.05, 0.1) is 18.2 Å². The number of para-hydroxylation sites is 1. The molecule has 0 saturated carbocycles. The van der Waals surface area contributed by atoms with E-state index < -0.39 is 5.97 Å². The largest absolute Gasteiger partial charge is 0.465 e. The SMILES string of the molecule is COC(=O)c1c(NC(=O)c2cccc3c2OCO3)sc2c1CCCC2. The number of hydrogen-bond acceptors (Lipinski definition) is 6. The van der Waals surface area contributed by atoms with Crippen molar-refractivity contribution in [3.05, 3.63) is 39.8 Å². The van der Waals surface area contributed by atoms with Crippen molar-refractivity contribution in [1.29, 1.82) is 0 Å². The molecule has 2 aromatic rings. The Hall–Kier alpha value is -2.54. The van der Waals surface area contributed by atoms with Gasteiger partial charge in [-0.2, -0.15) is 0 Å². The third-order valence-corrected chi connectivity index (χ3v) is 5.64. The maximum Gasteiger partial charge on any atom is 0.341 e. The lowest BCUT2D eigenvalue weighted by Gasteiger charge is -2.12. The molecule has 1 N–H and O–H groups in total. The average molecular weight is 359 g/mol. The maximum atomic E-state index is 12.8. The molecule has 2 heterocycles. The Balaban J connectivity index is 1.69. The molecule has 2 aliphatic rings. The Bertz CT molecular complexity index is 857. The minimum absolute atomic E-state index is 0.0976. The van der Waals surface area contributed by atoms with E-state index in [1.807, 2.05) is 0 Å². The fourth-order valence-electron chi connectivity index (χ4n) is 3.25. The van der Waals surface area contributed by atoms with Crippen molar-refractivity contribution < 1.29 is 23.8 Å². The zero-order valence-corrected chi connectivity index (χ0v) is 14.5. The molecule has 0 bridgehead atoms. The van der Waals surface area contributed by atoms with Gasteiger partial charge in [0, 0.05) is 4.88 Å². The molecule has 4 rings (SSSR count). The number of esters is 1. The number of methoxy groups -OCH3 is 1. The van der Waals surface area contributed by atoms with E-state index in [9.17, 15) is 9.59 Å². The summed E-state index contributed by atoms with van der Waals surface area (Å²) in [6.45, 7) is 0.0976. The molecule has 1 aromatic carbocycles. The van der Waals surface area contributed by atoms with Gasteiger partial charge in [0.15, 0.2) is 11.5 Å². The van der Waals surface area contributed by atoms with Gasteiger partial charge in [-0.15, -0.1) is 11.3 Å². The Morgan fingerprint density at radius 3 is 2.88 bits per heavy atom. The molecule has 7 heteroatoms. The smallest absolute Gasteiger partial charge is 0.341 e. The van der Waals surface area contributed by atoms with Crippen molar-refractivity contribution in [2.24, 2.45) is 0 Å². The van der Waals surface area contributed by atoms with E-state index in [1.54, 1.807) is 18.2 Å². The van der Waals surface area contributed by atoms with Gasteiger partial charge in [0.25, 0.3) is 5.91 Å². The van der Waals surface area contributed by atoms with Crippen molar-refractivity contribution >= 4 is 28.2 Å². The number of rotatable bonds is 3. The van der Waals surface area contributed by atoms with Gasteiger partial charge in [-0.05, 0) is 43.4 Å². The summed E-state index contributed by atoms with van der Waals surface area (Å²) < 4.78 is 15.6. The molecular weight excluding hydrogens is 342 g/mol. The van der Waals surface area contributed by atoms with Gasteiger partial charge in [-0.25, -0.2) is 4.79 Å².